The summed E-state index contributed by atoms with van der Waals surface area (Å²) in [4.78, 5) is 16.0. The second kappa shape index (κ2) is 7.40. The lowest BCUT2D eigenvalue weighted by Gasteiger charge is -2.05. The topological polar surface area (TPSA) is 68.0 Å². The van der Waals surface area contributed by atoms with E-state index in [9.17, 15) is 13.6 Å². The van der Waals surface area contributed by atoms with Gasteiger partial charge in [-0.05, 0) is 42.5 Å². The van der Waals surface area contributed by atoms with Crippen molar-refractivity contribution in [1.29, 1.82) is 0 Å². The fourth-order valence-corrected chi connectivity index (χ4v) is 2.26. The van der Waals surface area contributed by atoms with E-state index in [0.29, 0.717) is 11.4 Å². The van der Waals surface area contributed by atoms with Crippen molar-refractivity contribution < 1.29 is 18.1 Å². The third-order valence-electron chi connectivity index (χ3n) is 3.34. The van der Waals surface area contributed by atoms with Crippen molar-refractivity contribution in [2.24, 2.45) is 0 Å². The fourth-order valence-electron chi connectivity index (χ4n) is 2.10. The summed E-state index contributed by atoms with van der Waals surface area (Å²) in [5, 5.41) is 6.48. The van der Waals surface area contributed by atoms with Gasteiger partial charge in [-0.1, -0.05) is 16.8 Å². The van der Waals surface area contributed by atoms with Gasteiger partial charge in [-0.3, -0.25) is 4.79 Å². The van der Waals surface area contributed by atoms with Gasteiger partial charge in [-0.15, -0.1) is 0 Å². The number of nitrogens with zero attached hydrogens (tertiary/aromatic N) is 2. The Morgan fingerprint density at radius 3 is 2.64 bits per heavy atom. The molecule has 2 aromatic carbocycles. The molecular formula is C17H12ClF2N3O2. The number of carbonyl (C=O) groups excluding carboxylic acids is 1. The summed E-state index contributed by atoms with van der Waals surface area (Å²) in [6, 6.07) is 9.62. The highest BCUT2D eigenvalue weighted by atomic mass is 35.5. The van der Waals surface area contributed by atoms with Crippen molar-refractivity contribution in [3.8, 4) is 11.4 Å². The minimum atomic E-state index is -0.614. The van der Waals surface area contributed by atoms with Crippen LogP contribution in [-0.4, -0.2) is 16.0 Å². The Bertz CT molecular complexity index is 897. The molecule has 3 rings (SSSR count). The van der Waals surface area contributed by atoms with Crippen LogP contribution in [0.1, 0.15) is 12.3 Å². The van der Waals surface area contributed by atoms with Gasteiger partial charge in [0.05, 0.1) is 5.69 Å². The molecule has 5 nitrogen and oxygen atoms in total. The molecule has 0 bridgehead atoms. The Hall–Kier alpha value is -2.80. The number of anilines is 1. The molecule has 8 heteroatoms. The van der Waals surface area contributed by atoms with E-state index in [1.165, 1.54) is 36.4 Å². The lowest BCUT2D eigenvalue weighted by atomic mass is 10.2. The second-order valence-electron chi connectivity index (χ2n) is 5.19. The number of halogens is 3. The van der Waals surface area contributed by atoms with Crippen molar-refractivity contribution in [3.05, 3.63) is 65.0 Å². The van der Waals surface area contributed by atoms with Gasteiger partial charge in [-0.2, -0.15) is 4.98 Å². The smallest absolute Gasteiger partial charge is 0.227 e. The largest absolute Gasteiger partial charge is 0.339 e. The number of nitrogens with one attached hydrogen (secondary N) is 1. The summed E-state index contributed by atoms with van der Waals surface area (Å²) in [5.74, 6) is -0.816. The predicted molar refractivity (Wildman–Crippen MR) is 88.1 cm³/mol. The summed E-state index contributed by atoms with van der Waals surface area (Å²) in [6.45, 7) is 0. The molecule has 0 aliphatic heterocycles. The molecule has 0 fully saturated rings. The summed E-state index contributed by atoms with van der Waals surface area (Å²) in [5.41, 5.74) is 0.649. The maximum atomic E-state index is 13.6. The standard InChI is InChI=1S/C17H12ClF2N3O2/c18-11-3-6-14(13(20)9-11)21-15(24)7-8-16-22-17(23-25-16)10-1-4-12(19)5-2-10/h1-6,9H,7-8H2,(H,21,24). The van der Waals surface area contributed by atoms with Crippen molar-refractivity contribution in [1.82, 2.24) is 10.1 Å². The number of carbonyl (C=O) groups is 1. The zero-order valence-corrected chi connectivity index (χ0v) is 13.6. The van der Waals surface area contributed by atoms with Crippen LogP contribution in [0.4, 0.5) is 14.5 Å². The molecule has 1 aromatic heterocycles. The quantitative estimate of drug-likeness (QED) is 0.736. The van der Waals surface area contributed by atoms with E-state index >= 15 is 0 Å². The SMILES string of the molecule is O=C(CCc1nc(-c2ccc(F)cc2)no1)Nc1ccc(Cl)cc1F. The van der Waals surface area contributed by atoms with Crippen LogP contribution >= 0.6 is 11.6 Å². The van der Waals surface area contributed by atoms with E-state index in [0.717, 1.165) is 6.07 Å². The molecule has 0 spiro atoms. The van der Waals surface area contributed by atoms with Crippen molar-refractivity contribution in [2.75, 3.05) is 5.32 Å². The van der Waals surface area contributed by atoms with E-state index in [2.05, 4.69) is 15.5 Å². The van der Waals surface area contributed by atoms with Crippen LogP contribution < -0.4 is 5.32 Å². The summed E-state index contributed by atoms with van der Waals surface area (Å²) in [7, 11) is 0. The Labute approximate surface area is 146 Å². The van der Waals surface area contributed by atoms with Crippen molar-refractivity contribution in [2.45, 2.75) is 12.8 Å². The number of aromatic nitrogens is 2. The van der Waals surface area contributed by atoms with Gasteiger partial charge in [0.2, 0.25) is 17.6 Å². The third-order valence-corrected chi connectivity index (χ3v) is 3.58. The summed E-state index contributed by atoms with van der Waals surface area (Å²) >= 11 is 5.66. The highest BCUT2D eigenvalue weighted by molar-refractivity contribution is 6.30. The average molecular weight is 364 g/mol. The average Bonchev–Trinajstić information content (AvgIpc) is 3.05. The molecule has 0 aliphatic rings. The number of amides is 1. The first-order chi connectivity index (χ1) is 12.0. The Balaban J connectivity index is 1.58. The molecule has 1 heterocycles. The molecule has 0 saturated carbocycles. The van der Waals surface area contributed by atoms with Crippen LogP contribution in [-0.2, 0) is 11.2 Å². The normalized spacial score (nSPS) is 10.7. The van der Waals surface area contributed by atoms with Crippen LogP contribution in [0.15, 0.2) is 47.0 Å². The van der Waals surface area contributed by atoms with E-state index < -0.39 is 11.7 Å². The van der Waals surface area contributed by atoms with Crippen LogP contribution in [0.25, 0.3) is 11.4 Å². The van der Waals surface area contributed by atoms with Crippen molar-refractivity contribution in [3.63, 3.8) is 0 Å². The molecule has 0 radical (unpaired) electrons. The molecule has 25 heavy (non-hydrogen) atoms. The van der Waals surface area contributed by atoms with Gasteiger partial charge in [-0.25, -0.2) is 8.78 Å². The number of hydrogen-bond donors (Lipinski definition) is 1. The summed E-state index contributed by atoms with van der Waals surface area (Å²) < 4.78 is 31.6. The second-order valence-corrected chi connectivity index (χ2v) is 5.63. The highest BCUT2D eigenvalue weighted by Gasteiger charge is 2.12. The number of hydrogen-bond acceptors (Lipinski definition) is 4. The predicted octanol–water partition coefficient (Wildman–Crippen LogP) is 4.24. The van der Waals surface area contributed by atoms with Crippen LogP contribution in [0.2, 0.25) is 5.02 Å². The molecule has 0 unspecified atom stereocenters. The van der Waals surface area contributed by atoms with Gasteiger partial charge in [0.25, 0.3) is 0 Å². The highest BCUT2D eigenvalue weighted by Crippen LogP contribution is 2.20. The van der Waals surface area contributed by atoms with Gasteiger partial charge < -0.3 is 9.84 Å². The lowest BCUT2D eigenvalue weighted by molar-refractivity contribution is -0.116. The van der Waals surface area contributed by atoms with E-state index in [-0.39, 0.29) is 35.3 Å². The monoisotopic (exact) mass is 363 g/mol. The lowest BCUT2D eigenvalue weighted by Crippen LogP contribution is -2.13. The van der Waals surface area contributed by atoms with Gasteiger partial charge in [0, 0.05) is 23.4 Å². The van der Waals surface area contributed by atoms with Gasteiger partial charge in [0.15, 0.2) is 0 Å². The Morgan fingerprint density at radius 1 is 1.16 bits per heavy atom. The molecule has 0 atom stereocenters. The zero-order chi connectivity index (χ0) is 17.8. The fraction of sp³-hybridized carbons (Fsp3) is 0.118. The first-order valence-corrected chi connectivity index (χ1v) is 7.72. The molecule has 0 saturated heterocycles. The third kappa shape index (κ3) is 4.39. The minimum Gasteiger partial charge on any atom is -0.339 e. The number of aryl methyl sites for hydroxylation is 1. The first-order valence-electron chi connectivity index (χ1n) is 7.35. The zero-order valence-electron chi connectivity index (χ0n) is 12.8. The Morgan fingerprint density at radius 2 is 1.92 bits per heavy atom. The van der Waals surface area contributed by atoms with Crippen LogP contribution in [0.3, 0.4) is 0 Å². The molecule has 3 aromatic rings. The first kappa shape index (κ1) is 17.0. The van der Waals surface area contributed by atoms with Crippen LogP contribution in [0, 0.1) is 11.6 Å². The van der Waals surface area contributed by atoms with Gasteiger partial charge >= 0.3 is 0 Å². The number of rotatable bonds is 5. The summed E-state index contributed by atoms with van der Waals surface area (Å²) in [6.07, 6.45) is 0.225. The van der Waals surface area contributed by atoms with Crippen LogP contribution in [0.5, 0.6) is 0 Å². The molecular weight excluding hydrogens is 352 g/mol. The molecule has 1 N–H and O–H groups in total. The Kier molecular flexibility index (Phi) is 5.04. The van der Waals surface area contributed by atoms with E-state index in [1.54, 1.807) is 0 Å². The molecule has 128 valence electrons. The van der Waals surface area contributed by atoms with Crippen molar-refractivity contribution >= 4 is 23.2 Å². The number of benzene rings is 2. The minimum absolute atomic E-state index is 0.0348. The van der Waals surface area contributed by atoms with E-state index in [1.807, 2.05) is 0 Å². The molecule has 0 aliphatic carbocycles. The van der Waals surface area contributed by atoms with Gasteiger partial charge in [0.1, 0.15) is 11.6 Å². The molecule has 1 amide bonds. The maximum absolute atomic E-state index is 13.6. The maximum Gasteiger partial charge on any atom is 0.227 e. The van der Waals surface area contributed by atoms with E-state index in [4.69, 9.17) is 16.1 Å².